The highest BCUT2D eigenvalue weighted by Crippen LogP contribution is 2.12. The second kappa shape index (κ2) is 5.15. The molecule has 2 N–H and O–H groups in total. The molecule has 0 fully saturated rings. The molecule has 0 aliphatic carbocycles. The first kappa shape index (κ1) is 15.4. The van der Waals surface area contributed by atoms with Crippen LogP contribution in [0.15, 0.2) is 0 Å². The van der Waals surface area contributed by atoms with Crippen molar-refractivity contribution in [1.29, 1.82) is 0 Å². The van der Waals surface area contributed by atoms with E-state index in [9.17, 15) is 9.90 Å². The van der Waals surface area contributed by atoms with E-state index in [0.717, 1.165) is 0 Å². The quantitative estimate of drug-likeness (QED) is 0.722. The topological polar surface area (TPSA) is 58.6 Å². The number of esters is 1. The van der Waals surface area contributed by atoms with E-state index in [-0.39, 0.29) is 5.54 Å². The third-order valence-electron chi connectivity index (χ3n) is 1.73. The molecule has 4 nitrogen and oxygen atoms in total. The molecule has 0 saturated heterocycles. The Labute approximate surface area is 98.4 Å². The summed E-state index contributed by atoms with van der Waals surface area (Å²) in [5, 5.41) is 12.6. The van der Waals surface area contributed by atoms with Crippen LogP contribution in [0.25, 0.3) is 0 Å². The van der Waals surface area contributed by atoms with Gasteiger partial charge in [-0.25, -0.2) is 0 Å². The highest BCUT2D eigenvalue weighted by Gasteiger charge is 2.31. The zero-order valence-corrected chi connectivity index (χ0v) is 11.4. The molecule has 4 heteroatoms. The Balaban J connectivity index is 4.62. The Kier molecular flexibility index (Phi) is 4.95. The lowest BCUT2D eigenvalue weighted by molar-refractivity contribution is -0.161. The van der Waals surface area contributed by atoms with Crippen molar-refractivity contribution in [3.05, 3.63) is 0 Å². The molecule has 0 aliphatic heterocycles. The van der Waals surface area contributed by atoms with E-state index >= 15 is 0 Å². The van der Waals surface area contributed by atoms with Crippen molar-refractivity contribution < 1.29 is 14.6 Å². The summed E-state index contributed by atoms with van der Waals surface area (Å²) in [7, 11) is 0. The third kappa shape index (κ3) is 6.80. The highest BCUT2D eigenvalue weighted by atomic mass is 16.6. The third-order valence-corrected chi connectivity index (χ3v) is 1.73. The van der Waals surface area contributed by atoms with Crippen LogP contribution in [0.1, 0.15) is 48.5 Å². The SMILES string of the molecule is CC(O)C(NC(C)(C)C)C(=O)OC(C)(C)C. The fraction of sp³-hybridized carbons (Fsp3) is 0.917. The lowest BCUT2D eigenvalue weighted by Gasteiger charge is -2.31. The van der Waals surface area contributed by atoms with Crippen molar-refractivity contribution in [1.82, 2.24) is 5.32 Å². The number of carbonyl (C=O) groups excluding carboxylic acids is 1. The minimum absolute atomic E-state index is 0.251. The van der Waals surface area contributed by atoms with Crippen LogP contribution in [0.5, 0.6) is 0 Å². The summed E-state index contributed by atoms with van der Waals surface area (Å²) in [6.45, 7) is 12.8. The van der Waals surface area contributed by atoms with Gasteiger partial charge in [0.1, 0.15) is 11.6 Å². The molecule has 0 aromatic heterocycles. The van der Waals surface area contributed by atoms with Gasteiger partial charge in [-0.2, -0.15) is 0 Å². The molecule has 0 aromatic rings. The average Bonchev–Trinajstić information content (AvgIpc) is 1.94. The number of carbonyl (C=O) groups is 1. The predicted octanol–water partition coefficient (Wildman–Crippen LogP) is 1.47. The maximum absolute atomic E-state index is 11.8. The van der Waals surface area contributed by atoms with E-state index in [4.69, 9.17) is 4.74 Å². The van der Waals surface area contributed by atoms with Gasteiger partial charge in [-0.1, -0.05) is 0 Å². The van der Waals surface area contributed by atoms with Crippen LogP contribution in [0.4, 0.5) is 0 Å². The molecule has 0 aromatic carbocycles. The van der Waals surface area contributed by atoms with E-state index in [2.05, 4.69) is 5.32 Å². The summed E-state index contributed by atoms with van der Waals surface area (Å²) in [4.78, 5) is 11.8. The monoisotopic (exact) mass is 231 g/mol. The normalized spacial score (nSPS) is 16.8. The van der Waals surface area contributed by atoms with Crippen LogP contribution >= 0.6 is 0 Å². The maximum Gasteiger partial charge on any atom is 0.326 e. The fourth-order valence-corrected chi connectivity index (χ4v) is 1.21. The van der Waals surface area contributed by atoms with Crippen molar-refractivity contribution in [3.63, 3.8) is 0 Å². The Morgan fingerprint density at radius 1 is 1.19 bits per heavy atom. The summed E-state index contributed by atoms with van der Waals surface area (Å²) in [5.41, 5.74) is -0.789. The van der Waals surface area contributed by atoms with Crippen molar-refractivity contribution in [3.8, 4) is 0 Å². The van der Waals surface area contributed by atoms with E-state index < -0.39 is 23.7 Å². The Hall–Kier alpha value is -0.610. The molecule has 0 amide bonds. The summed E-state index contributed by atoms with van der Waals surface area (Å²) >= 11 is 0. The number of hydrogen-bond donors (Lipinski definition) is 2. The molecule has 2 unspecified atom stereocenters. The largest absolute Gasteiger partial charge is 0.459 e. The van der Waals surface area contributed by atoms with Crippen LogP contribution in [0.3, 0.4) is 0 Å². The molecular formula is C12H25NO3. The van der Waals surface area contributed by atoms with Crippen molar-refractivity contribution >= 4 is 5.97 Å². The van der Waals surface area contributed by atoms with Gasteiger partial charge in [0.25, 0.3) is 0 Å². The number of aliphatic hydroxyl groups excluding tert-OH is 1. The van der Waals surface area contributed by atoms with E-state index in [1.54, 1.807) is 27.7 Å². The molecule has 0 heterocycles. The highest BCUT2D eigenvalue weighted by molar-refractivity contribution is 5.77. The lowest BCUT2D eigenvalue weighted by Crippen LogP contribution is -2.54. The van der Waals surface area contributed by atoms with E-state index in [1.807, 2.05) is 20.8 Å². The number of ether oxygens (including phenoxy) is 1. The zero-order valence-electron chi connectivity index (χ0n) is 11.4. The summed E-state index contributed by atoms with van der Waals surface area (Å²) in [5.74, 6) is -0.419. The summed E-state index contributed by atoms with van der Waals surface area (Å²) < 4.78 is 5.25. The number of aliphatic hydroxyl groups is 1. The van der Waals surface area contributed by atoms with Crippen LogP contribution in [0.2, 0.25) is 0 Å². The van der Waals surface area contributed by atoms with Gasteiger partial charge in [-0.3, -0.25) is 10.1 Å². The molecule has 0 spiro atoms. The standard InChI is InChI=1S/C12H25NO3/c1-8(14)9(13-11(2,3)4)10(15)16-12(5,6)7/h8-9,13-14H,1-7H3. The molecule has 0 bridgehead atoms. The minimum Gasteiger partial charge on any atom is -0.459 e. The first-order valence-corrected chi connectivity index (χ1v) is 5.61. The van der Waals surface area contributed by atoms with Gasteiger partial charge in [-0.15, -0.1) is 0 Å². The smallest absolute Gasteiger partial charge is 0.326 e. The molecule has 0 saturated carbocycles. The number of nitrogens with one attached hydrogen (secondary N) is 1. The van der Waals surface area contributed by atoms with Crippen LogP contribution in [-0.2, 0) is 9.53 Å². The van der Waals surface area contributed by atoms with Crippen LogP contribution < -0.4 is 5.32 Å². The minimum atomic E-state index is -0.783. The van der Waals surface area contributed by atoms with Crippen molar-refractivity contribution in [2.24, 2.45) is 0 Å². The van der Waals surface area contributed by atoms with Gasteiger partial charge in [0, 0.05) is 5.54 Å². The summed E-state index contributed by atoms with van der Waals surface area (Å²) in [6.07, 6.45) is -0.783. The Morgan fingerprint density at radius 3 is 1.88 bits per heavy atom. The zero-order chi connectivity index (χ0) is 13.1. The molecule has 0 rings (SSSR count). The Bertz CT molecular complexity index is 236. The maximum atomic E-state index is 11.8. The van der Waals surface area contributed by atoms with Gasteiger partial charge in [0.15, 0.2) is 0 Å². The van der Waals surface area contributed by atoms with Gasteiger partial charge >= 0.3 is 5.97 Å². The van der Waals surface area contributed by atoms with Crippen LogP contribution in [-0.4, -0.2) is 34.4 Å². The van der Waals surface area contributed by atoms with Gasteiger partial charge in [0.2, 0.25) is 0 Å². The summed E-state index contributed by atoms with van der Waals surface area (Å²) in [6, 6.07) is -0.695. The van der Waals surface area contributed by atoms with E-state index in [0.29, 0.717) is 0 Å². The molecule has 0 radical (unpaired) electrons. The molecule has 96 valence electrons. The second-order valence-corrected chi connectivity index (χ2v) is 6.15. The van der Waals surface area contributed by atoms with Gasteiger partial charge in [0.05, 0.1) is 6.10 Å². The number of rotatable bonds is 3. The molecular weight excluding hydrogens is 206 g/mol. The average molecular weight is 231 g/mol. The van der Waals surface area contributed by atoms with Gasteiger partial charge < -0.3 is 9.84 Å². The molecule has 16 heavy (non-hydrogen) atoms. The van der Waals surface area contributed by atoms with Crippen LogP contribution in [0, 0.1) is 0 Å². The number of hydrogen-bond acceptors (Lipinski definition) is 4. The predicted molar refractivity (Wildman–Crippen MR) is 64.2 cm³/mol. The second-order valence-electron chi connectivity index (χ2n) is 6.15. The first-order valence-electron chi connectivity index (χ1n) is 5.61. The lowest BCUT2D eigenvalue weighted by atomic mass is 10.0. The fourth-order valence-electron chi connectivity index (χ4n) is 1.21. The molecule has 2 atom stereocenters. The van der Waals surface area contributed by atoms with Gasteiger partial charge in [-0.05, 0) is 48.5 Å². The first-order chi connectivity index (χ1) is 6.92. The molecule has 0 aliphatic rings. The van der Waals surface area contributed by atoms with Crippen molar-refractivity contribution in [2.75, 3.05) is 0 Å². The Morgan fingerprint density at radius 2 is 1.62 bits per heavy atom. The van der Waals surface area contributed by atoms with E-state index in [1.165, 1.54) is 0 Å². The van der Waals surface area contributed by atoms with Crippen molar-refractivity contribution in [2.45, 2.75) is 71.8 Å².